The molecular weight excluding hydrogens is 535 g/mol. The number of halogens is 1. The van der Waals surface area contributed by atoms with E-state index in [1.54, 1.807) is 36.6 Å². The molecule has 0 atom stereocenters. The molecule has 0 bridgehead atoms. The lowest BCUT2D eigenvalue weighted by atomic mass is 9.93. The number of benzene rings is 2. The minimum Gasteiger partial charge on any atom is -0.462 e. The third kappa shape index (κ3) is 5.62. The van der Waals surface area contributed by atoms with Gasteiger partial charge in [0.05, 0.1) is 41.4 Å². The number of piperidine rings is 2. The van der Waals surface area contributed by atoms with Crippen molar-refractivity contribution in [1.29, 1.82) is 0 Å². The molecule has 2 aromatic carbocycles. The van der Waals surface area contributed by atoms with Crippen molar-refractivity contribution in [3.63, 3.8) is 0 Å². The first kappa shape index (κ1) is 26.9. The van der Waals surface area contributed by atoms with Gasteiger partial charge in [-0.3, -0.25) is 9.52 Å². The highest BCUT2D eigenvalue weighted by atomic mass is 32.2. The molecule has 1 spiro atoms. The number of rotatable bonds is 8. The summed E-state index contributed by atoms with van der Waals surface area (Å²) >= 11 is 0. The predicted octanol–water partition coefficient (Wildman–Crippen LogP) is 4.74. The van der Waals surface area contributed by atoms with Gasteiger partial charge in [-0.05, 0) is 80.3 Å². The number of aliphatic hydroxyl groups is 1. The lowest BCUT2D eigenvalue weighted by molar-refractivity contribution is 0.102. The molecular formula is C29H35FN4O5S. The van der Waals surface area contributed by atoms with E-state index < -0.39 is 28.6 Å². The van der Waals surface area contributed by atoms with Crippen molar-refractivity contribution >= 4 is 49.6 Å². The molecule has 0 radical (unpaired) electrons. The van der Waals surface area contributed by atoms with Crippen LogP contribution in [0.15, 0.2) is 47.1 Å². The molecule has 40 heavy (non-hydrogen) atoms. The Morgan fingerprint density at radius 2 is 1.73 bits per heavy atom. The molecule has 3 N–H and O–H groups in total. The molecule has 2 aliphatic heterocycles. The average molecular weight is 571 g/mol. The molecule has 2 saturated heterocycles. The van der Waals surface area contributed by atoms with Crippen LogP contribution in [-0.2, 0) is 10.0 Å². The van der Waals surface area contributed by atoms with Gasteiger partial charge in [-0.1, -0.05) is 0 Å². The second-order valence-corrected chi connectivity index (χ2v) is 13.2. The molecule has 214 valence electrons. The van der Waals surface area contributed by atoms with Gasteiger partial charge in [0.2, 0.25) is 10.0 Å². The molecule has 3 fully saturated rings. The van der Waals surface area contributed by atoms with Crippen LogP contribution < -0.4 is 19.8 Å². The van der Waals surface area contributed by atoms with Crippen LogP contribution in [0.5, 0.6) is 0 Å². The van der Waals surface area contributed by atoms with Gasteiger partial charge in [0.15, 0.2) is 5.58 Å². The van der Waals surface area contributed by atoms with Crippen LogP contribution in [0, 0.1) is 5.41 Å². The van der Waals surface area contributed by atoms with Crippen molar-refractivity contribution in [1.82, 2.24) is 0 Å². The van der Waals surface area contributed by atoms with E-state index in [1.807, 2.05) is 6.07 Å². The fraction of sp³-hybridized carbons (Fsp3) is 0.483. The number of aliphatic hydroxyl groups excluding tert-OH is 1. The number of nitrogens with one attached hydrogen (secondary N) is 2. The quantitative estimate of drug-likeness (QED) is 0.358. The van der Waals surface area contributed by atoms with Crippen molar-refractivity contribution in [3.8, 4) is 0 Å². The van der Waals surface area contributed by atoms with Crippen LogP contribution in [0.4, 0.5) is 27.1 Å². The molecule has 3 heterocycles. The maximum absolute atomic E-state index is 13.8. The Balaban J connectivity index is 1.29. The lowest BCUT2D eigenvalue weighted by Crippen LogP contribution is -2.35. The summed E-state index contributed by atoms with van der Waals surface area (Å²) in [5, 5.41) is 13.0. The minimum atomic E-state index is -3.70. The molecule has 0 unspecified atom stereocenters. The van der Waals surface area contributed by atoms with E-state index in [4.69, 9.17) is 9.52 Å². The number of hydrogen-bond acceptors (Lipinski definition) is 7. The van der Waals surface area contributed by atoms with Crippen molar-refractivity contribution < 1.29 is 27.1 Å². The van der Waals surface area contributed by atoms with Gasteiger partial charge < -0.3 is 24.6 Å². The number of amides is 1. The van der Waals surface area contributed by atoms with Crippen molar-refractivity contribution in [2.45, 2.75) is 44.7 Å². The fourth-order valence-electron chi connectivity index (χ4n) is 5.92. The summed E-state index contributed by atoms with van der Waals surface area (Å²) in [6, 6.07) is 10.5. The molecule has 1 aromatic heterocycles. The van der Waals surface area contributed by atoms with E-state index in [2.05, 4.69) is 19.8 Å². The van der Waals surface area contributed by atoms with Gasteiger partial charge >= 0.3 is 0 Å². The van der Waals surface area contributed by atoms with Gasteiger partial charge in [0, 0.05) is 37.1 Å². The Labute approximate surface area is 233 Å². The second-order valence-electron chi connectivity index (χ2n) is 11.3. The number of nitrogens with zero attached hydrogens (tertiary/aromatic N) is 2. The number of alkyl halides is 1. The number of carbonyl (C=O) groups is 1. The van der Waals surface area contributed by atoms with E-state index in [9.17, 15) is 17.6 Å². The fourth-order valence-corrected chi connectivity index (χ4v) is 6.75. The first-order valence-corrected chi connectivity index (χ1v) is 15.6. The first-order valence-electron chi connectivity index (χ1n) is 14.0. The summed E-state index contributed by atoms with van der Waals surface area (Å²) in [7, 11) is -3.70. The average Bonchev–Trinajstić information content (AvgIpc) is 3.50. The number of sulfonamides is 1. The van der Waals surface area contributed by atoms with Crippen LogP contribution in [0.2, 0.25) is 0 Å². The zero-order chi connectivity index (χ0) is 27.9. The number of fused-ring (bicyclic) bond motifs is 1. The molecule has 9 nitrogen and oxygen atoms in total. The smallest absolute Gasteiger partial charge is 0.255 e. The lowest BCUT2D eigenvalue weighted by Gasteiger charge is -2.35. The summed E-state index contributed by atoms with van der Waals surface area (Å²) in [6.07, 6.45) is 6.30. The van der Waals surface area contributed by atoms with Crippen molar-refractivity contribution in [2.75, 3.05) is 58.4 Å². The molecule has 3 aromatic rings. The highest BCUT2D eigenvalue weighted by molar-refractivity contribution is 7.92. The van der Waals surface area contributed by atoms with E-state index in [1.165, 1.54) is 12.8 Å². The Morgan fingerprint density at radius 3 is 2.42 bits per heavy atom. The Bertz CT molecular complexity index is 1500. The standard InChI is InChI=1S/C29H35FN4O5S/c30-22-3-10-33(11-4-22)26-18-21(17-20-5-15-39-27(20)26)28(36)31-24-2-1-23(32-40(37,38)16-14-35)19-25(24)34-12-8-29(6-7-29)9-13-34/h1-2,5,15,17-19,22,32,35H,3-4,6-14,16H2,(H,31,36). The second kappa shape index (κ2) is 10.6. The molecule has 6 rings (SSSR count). The largest absolute Gasteiger partial charge is 0.462 e. The SMILES string of the molecule is O=C(Nc1ccc(NS(=O)(=O)CCO)cc1N1CCC2(CC1)CC2)c1cc(N2CCC(F)CC2)c2occc2c1. The summed E-state index contributed by atoms with van der Waals surface area (Å²) in [5.41, 5.74) is 4.09. The van der Waals surface area contributed by atoms with Gasteiger partial charge in [-0.2, -0.15) is 0 Å². The molecule has 11 heteroatoms. The summed E-state index contributed by atoms with van der Waals surface area (Å²) < 4.78 is 46.7. The van der Waals surface area contributed by atoms with Crippen LogP contribution in [0.25, 0.3) is 11.0 Å². The Hall–Kier alpha value is -3.31. The van der Waals surface area contributed by atoms with Crippen LogP contribution in [0.1, 0.15) is 48.9 Å². The van der Waals surface area contributed by atoms with E-state index >= 15 is 0 Å². The van der Waals surface area contributed by atoms with Crippen LogP contribution in [0.3, 0.4) is 0 Å². The monoisotopic (exact) mass is 570 g/mol. The first-order chi connectivity index (χ1) is 19.2. The number of hydrogen-bond donors (Lipinski definition) is 3. The van der Waals surface area contributed by atoms with Gasteiger partial charge in [-0.15, -0.1) is 0 Å². The zero-order valence-electron chi connectivity index (χ0n) is 22.4. The van der Waals surface area contributed by atoms with E-state index in [-0.39, 0.29) is 5.91 Å². The zero-order valence-corrected chi connectivity index (χ0v) is 23.2. The summed E-state index contributed by atoms with van der Waals surface area (Å²) in [5.74, 6) is -0.690. The van der Waals surface area contributed by atoms with Crippen molar-refractivity contribution in [2.24, 2.45) is 5.41 Å². The van der Waals surface area contributed by atoms with Crippen LogP contribution >= 0.6 is 0 Å². The number of furan rings is 1. The highest BCUT2D eigenvalue weighted by Crippen LogP contribution is 2.54. The summed E-state index contributed by atoms with van der Waals surface area (Å²) in [6.45, 7) is 2.28. The Morgan fingerprint density at radius 1 is 1.00 bits per heavy atom. The predicted molar refractivity (Wildman–Crippen MR) is 155 cm³/mol. The minimum absolute atomic E-state index is 0.296. The highest BCUT2D eigenvalue weighted by Gasteiger charge is 2.44. The number of carbonyl (C=O) groups excluding carboxylic acids is 1. The van der Waals surface area contributed by atoms with Gasteiger partial charge in [0.25, 0.3) is 5.91 Å². The van der Waals surface area contributed by atoms with Gasteiger partial charge in [-0.25, -0.2) is 12.8 Å². The number of anilines is 4. The molecule has 1 amide bonds. The van der Waals surface area contributed by atoms with Crippen molar-refractivity contribution in [3.05, 3.63) is 48.2 Å². The molecule has 1 aliphatic carbocycles. The van der Waals surface area contributed by atoms with Crippen LogP contribution in [-0.4, -0.2) is 64.1 Å². The Kier molecular flexibility index (Phi) is 7.12. The van der Waals surface area contributed by atoms with E-state index in [0.717, 1.165) is 42.7 Å². The third-order valence-electron chi connectivity index (χ3n) is 8.56. The normalized spacial score (nSPS) is 19.2. The summed E-state index contributed by atoms with van der Waals surface area (Å²) in [4.78, 5) is 17.9. The molecule has 1 saturated carbocycles. The van der Waals surface area contributed by atoms with Gasteiger partial charge in [0.1, 0.15) is 6.17 Å². The molecule has 3 aliphatic rings. The maximum Gasteiger partial charge on any atom is 0.255 e. The third-order valence-corrected chi connectivity index (χ3v) is 9.83. The maximum atomic E-state index is 13.8. The van der Waals surface area contributed by atoms with E-state index in [0.29, 0.717) is 53.9 Å². The topological polar surface area (TPSA) is 115 Å².